The Morgan fingerprint density at radius 1 is 1.19 bits per heavy atom. The van der Waals surface area contributed by atoms with Crippen LogP contribution in [0.2, 0.25) is 0 Å². The molecule has 0 spiro atoms. The molecule has 21 heavy (non-hydrogen) atoms. The van der Waals surface area contributed by atoms with E-state index in [-0.39, 0.29) is 6.10 Å². The Morgan fingerprint density at radius 2 is 1.90 bits per heavy atom. The highest BCUT2D eigenvalue weighted by molar-refractivity contribution is 5.89. The van der Waals surface area contributed by atoms with Crippen molar-refractivity contribution in [2.45, 2.75) is 39.2 Å². The molecule has 1 rings (SSSR count). The second kappa shape index (κ2) is 10.2. The van der Waals surface area contributed by atoms with Crippen LogP contribution in [0.1, 0.15) is 43.5 Å². The van der Waals surface area contributed by atoms with Crippen LogP contribution < -0.4 is 4.74 Å². The zero-order chi connectivity index (χ0) is 15.5. The fraction of sp³-hybridized carbons (Fsp3) is 0.562. The molecule has 118 valence electrons. The monoisotopic (exact) mass is 296 g/mol. The third-order valence-corrected chi connectivity index (χ3v) is 3.00. The van der Waals surface area contributed by atoms with Crippen LogP contribution in [0, 0.1) is 0 Å². The molecule has 1 aromatic rings. The number of methoxy groups -OCH3 is 1. The second-order valence-corrected chi connectivity index (χ2v) is 4.75. The average Bonchev–Trinajstić information content (AvgIpc) is 2.52. The molecule has 0 fully saturated rings. The Bertz CT molecular complexity index is 402. The van der Waals surface area contributed by atoms with Crippen molar-refractivity contribution in [2.75, 3.05) is 20.3 Å². The number of hydrogen-bond acceptors (Lipinski definition) is 5. The Labute approximate surface area is 126 Å². The molecule has 0 aliphatic carbocycles. The molecule has 5 nitrogen and oxygen atoms in total. The van der Waals surface area contributed by atoms with Crippen molar-refractivity contribution in [1.29, 1.82) is 0 Å². The summed E-state index contributed by atoms with van der Waals surface area (Å²) in [5.41, 5.74) is 0.428. The first-order valence-electron chi connectivity index (χ1n) is 7.26. The van der Waals surface area contributed by atoms with E-state index < -0.39 is 5.97 Å². The summed E-state index contributed by atoms with van der Waals surface area (Å²) in [5, 5.41) is 0. The van der Waals surface area contributed by atoms with E-state index in [0.29, 0.717) is 25.2 Å². The van der Waals surface area contributed by atoms with Crippen molar-refractivity contribution in [3.05, 3.63) is 29.8 Å². The Hall–Kier alpha value is -1.59. The van der Waals surface area contributed by atoms with Gasteiger partial charge in [-0.25, -0.2) is 4.79 Å². The van der Waals surface area contributed by atoms with Gasteiger partial charge in [-0.2, -0.15) is 4.89 Å². The molecule has 0 aliphatic heterocycles. The van der Waals surface area contributed by atoms with E-state index >= 15 is 0 Å². The van der Waals surface area contributed by atoms with E-state index in [2.05, 4.69) is 6.92 Å². The van der Waals surface area contributed by atoms with Gasteiger partial charge in [0.2, 0.25) is 0 Å². The van der Waals surface area contributed by atoms with Gasteiger partial charge in [0.05, 0.1) is 24.9 Å². The van der Waals surface area contributed by atoms with Crippen molar-refractivity contribution in [3.63, 3.8) is 0 Å². The van der Waals surface area contributed by atoms with E-state index in [1.165, 1.54) is 0 Å². The number of unbranched alkanes of at least 4 members (excludes halogenated alkanes) is 1. The Kier molecular flexibility index (Phi) is 8.47. The summed E-state index contributed by atoms with van der Waals surface area (Å²) in [6.45, 7) is 5.01. The Balaban J connectivity index is 2.30. The lowest BCUT2D eigenvalue weighted by molar-refractivity contribution is -0.244. The van der Waals surface area contributed by atoms with Gasteiger partial charge in [0, 0.05) is 13.5 Å². The molecule has 1 aromatic carbocycles. The van der Waals surface area contributed by atoms with E-state index in [0.717, 1.165) is 18.6 Å². The number of carbonyl (C=O) groups excluding carboxylic acids is 1. The predicted molar refractivity (Wildman–Crippen MR) is 79.3 cm³/mol. The van der Waals surface area contributed by atoms with Crippen LogP contribution in [0.25, 0.3) is 0 Å². The molecule has 0 bridgehead atoms. The molecule has 0 saturated carbocycles. The molecule has 0 heterocycles. The smallest absolute Gasteiger partial charge is 0.373 e. The SMILES string of the molecule is CCCCOc1ccc(C(=O)OOCCC(C)OC)cc1. The van der Waals surface area contributed by atoms with Crippen LogP contribution in [0.5, 0.6) is 5.75 Å². The third kappa shape index (κ3) is 7.11. The average molecular weight is 296 g/mol. The highest BCUT2D eigenvalue weighted by atomic mass is 17.2. The van der Waals surface area contributed by atoms with E-state index in [4.69, 9.17) is 19.2 Å². The summed E-state index contributed by atoms with van der Waals surface area (Å²) in [4.78, 5) is 21.3. The van der Waals surface area contributed by atoms with Crippen LogP contribution in [-0.4, -0.2) is 32.4 Å². The van der Waals surface area contributed by atoms with Crippen molar-refractivity contribution in [2.24, 2.45) is 0 Å². The van der Waals surface area contributed by atoms with Gasteiger partial charge in [-0.15, -0.1) is 0 Å². The van der Waals surface area contributed by atoms with Crippen LogP contribution in [0.4, 0.5) is 0 Å². The number of hydrogen-bond donors (Lipinski definition) is 0. The van der Waals surface area contributed by atoms with Gasteiger partial charge in [0.25, 0.3) is 0 Å². The molecule has 0 aromatic heterocycles. The maximum absolute atomic E-state index is 11.7. The summed E-state index contributed by atoms with van der Waals surface area (Å²) in [7, 11) is 1.63. The minimum atomic E-state index is -0.514. The number of rotatable bonds is 10. The highest BCUT2D eigenvalue weighted by Crippen LogP contribution is 2.13. The van der Waals surface area contributed by atoms with E-state index in [1.807, 2.05) is 6.92 Å². The highest BCUT2D eigenvalue weighted by Gasteiger charge is 2.09. The third-order valence-electron chi connectivity index (χ3n) is 3.00. The Morgan fingerprint density at radius 3 is 2.52 bits per heavy atom. The fourth-order valence-electron chi connectivity index (χ4n) is 1.50. The van der Waals surface area contributed by atoms with Crippen LogP contribution >= 0.6 is 0 Å². The van der Waals surface area contributed by atoms with Gasteiger partial charge >= 0.3 is 5.97 Å². The number of benzene rings is 1. The maximum atomic E-state index is 11.7. The topological polar surface area (TPSA) is 54.0 Å². The van der Waals surface area contributed by atoms with Gasteiger partial charge in [-0.05, 0) is 37.6 Å². The van der Waals surface area contributed by atoms with Crippen molar-refractivity contribution in [3.8, 4) is 5.75 Å². The standard InChI is InChI=1S/C16H24O5/c1-4-5-11-19-15-8-6-14(7-9-15)16(17)21-20-12-10-13(2)18-3/h6-9,13H,4-5,10-12H2,1-3H3. The zero-order valence-corrected chi connectivity index (χ0v) is 13.0. The lowest BCUT2D eigenvalue weighted by atomic mass is 10.2. The summed E-state index contributed by atoms with van der Waals surface area (Å²) in [6.07, 6.45) is 2.83. The summed E-state index contributed by atoms with van der Waals surface area (Å²) in [6, 6.07) is 6.81. The van der Waals surface area contributed by atoms with Gasteiger partial charge in [0.15, 0.2) is 0 Å². The lowest BCUT2D eigenvalue weighted by Crippen LogP contribution is -2.12. The lowest BCUT2D eigenvalue weighted by Gasteiger charge is -2.09. The molecule has 0 amide bonds. The predicted octanol–water partition coefficient (Wildman–Crippen LogP) is 3.38. The quantitative estimate of drug-likeness (QED) is 0.376. The molecule has 0 aliphatic rings. The molecule has 0 radical (unpaired) electrons. The second-order valence-electron chi connectivity index (χ2n) is 4.75. The van der Waals surface area contributed by atoms with Gasteiger partial charge < -0.3 is 9.47 Å². The maximum Gasteiger partial charge on any atom is 0.373 e. The van der Waals surface area contributed by atoms with E-state index in [9.17, 15) is 4.79 Å². The number of ether oxygens (including phenoxy) is 2. The molecule has 0 N–H and O–H groups in total. The molecule has 1 unspecified atom stereocenters. The van der Waals surface area contributed by atoms with Crippen molar-refractivity contribution in [1.82, 2.24) is 0 Å². The summed E-state index contributed by atoms with van der Waals surface area (Å²) >= 11 is 0. The first-order chi connectivity index (χ1) is 10.2. The van der Waals surface area contributed by atoms with Gasteiger partial charge in [-0.3, -0.25) is 4.89 Å². The summed E-state index contributed by atoms with van der Waals surface area (Å²) in [5.74, 6) is 0.231. The molecule has 1 atom stereocenters. The van der Waals surface area contributed by atoms with Crippen molar-refractivity contribution >= 4 is 5.97 Å². The molecular formula is C16H24O5. The van der Waals surface area contributed by atoms with Gasteiger partial charge in [-0.1, -0.05) is 13.3 Å². The van der Waals surface area contributed by atoms with Gasteiger partial charge in [0.1, 0.15) is 5.75 Å². The first-order valence-corrected chi connectivity index (χ1v) is 7.26. The molecule has 0 saturated heterocycles. The first kappa shape index (κ1) is 17.5. The largest absolute Gasteiger partial charge is 0.494 e. The van der Waals surface area contributed by atoms with Crippen LogP contribution in [0.3, 0.4) is 0 Å². The number of carbonyl (C=O) groups is 1. The minimum absolute atomic E-state index is 0.0725. The zero-order valence-electron chi connectivity index (χ0n) is 13.0. The minimum Gasteiger partial charge on any atom is -0.494 e. The molecule has 5 heteroatoms. The molecular weight excluding hydrogens is 272 g/mol. The summed E-state index contributed by atoms with van der Waals surface area (Å²) < 4.78 is 10.6. The normalized spacial score (nSPS) is 12.0. The van der Waals surface area contributed by atoms with Crippen molar-refractivity contribution < 1.29 is 24.0 Å². The van der Waals surface area contributed by atoms with E-state index in [1.54, 1.807) is 31.4 Å². The van der Waals surface area contributed by atoms with Crippen LogP contribution in [-0.2, 0) is 14.5 Å². The van der Waals surface area contributed by atoms with Crippen LogP contribution in [0.15, 0.2) is 24.3 Å². The fourth-order valence-corrected chi connectivity index (χ4v) is 1.50.